The number of benzene rings is 2. The van der Waals surface area contributed by atoms with Gasteiger partial charge in [-0.3, -0.25) is 0 Å². The third-order valence-electron chi connectivity index (χ3n) is 3.88. The fourth-order valence-corrected chi connectivity index (χ4v) is 2.62. The molecule has 2 rings (SSSR count). The van der Waals surface area contributed by atoms with Crippen molar-refractivity contribution in [2.45, 2.75) is 38.2 Å². The Morgan fingerprint density at radius 3 is 2.36 bits per heavy atom. The molecule has 0 bridgehead atoms. The molecule has 5 heteroatoms. The number of nitriles is 1. The summed E-state index contributed by atoms with van der Waals surface area (Å²) in [5.74, 6) is -0.505. The predicted molar refractivity (Wildman–Crippen MR) is 96.8 cm³/mol. The van der Waals surface area contributed by atoms with Crippen molar-refractivity contribution >= 4 is 17.6 Å². The number of halogens is 1. The van der Waals surface area contributed by atoms with Crippen molar-refractivity contribution in [3.63, 3.8) is 0 Å². The molecule has 0 aliphatic heterocycles. The Bertz CT molecular complexity index is 720. The Labute approximate surface area is 152 Å². The normalized spacial score (nSPS) is 11.5. The largest absolute Gasteiger partial charge is 0.479 e. The molecule has 0 saturated heterocycles. The molecule has 1 N–H and O–H groups in total. The molecule has 0 fully saturated rings. The molecule has 0 aromatic heterocycles. The van der Waals surface area contributed by atoms with E-state index in [1.165, 1.54) is 5.56 Å². The summed E-state index contributed by atoms with van der Waals surface area (Å²) >= 11 is 5.86. The number of nitrogens with zero attached hydrogens (tertiary/aromatic N) is 1. The minimum atomic E-state index is -0.970. The van der Waals surface area contributed by atoms with E-state index < -0.39 is 12.1 Å². The zero-order valence-corrected chi connectivity index (χ0v) is 14.6. The molecule has 25 heavy (non-hydrogen) atoms. The number of carboxylic acid groups (broad SMARTS) is 1. The zero-order chi connectivity index (χ0) is 18.1. The van der Waals surface area contributed by atoms with E-state index in [4.69, 9.17) is 21.6 Å². The first kappa shape index (κ1) is 18.8. The summed E-state index contributed by atoms with van der Waals surface area (Å²) in [6.07, 6.45) is 3.24. The second kappa shape index (κ2) is 9.71. The van der Waals surface area contributed by atoms with E-state index in [0.29, 0.717) is 17.7 Å². The van der Waals surface area contributed by atoms with Gasteiger partial charge in [0.1, 0.15) is 5.75 Å². The van der Waals surface area contributed by atoms with Crippen molar-refractivity contribution in [1.29, 1.82) is 5.26 Å². The predicted octanol–water partition coefficient (Wildman–Crippen LogP) is 4.85. The average molecular weight is 358 g/mol. The zero-order valence-electron chi connectivity index (χ0n) is 13.8. The molecule has 130 valence electrons. The number of carbonyl (C=O) groups is 1. The average Bonchev–Trinajstić information content (AvgIpc) is 2.62. The number of hydrogen-bond donors (Lipinski definition) is 1. The van der Waals surface area contributed by atoms with E-state index in [9.17, 15) is 9.90 Å². The summed E-state index contributed by atoms with van der Waals surface area (Å²) in [5.41, 5.74) is 1.74. The van der Waals surface area contributed by atoms with E-state index in [0.717, 1.165) is 30.7 Å². The molecule has 4 nitrogen and oxygen atoms in total. The maximum atomic E-state index is 11.4. The Hall–Kier alpha value is -2.51. The summed E-state index contributed by atoms with van der Waals surface area (Å²) < 4.78 is 5.53. The van der Waals surface area contributed by atoms with Crippen LogP contribution in [0.25, 0.3) is 0 Å². The van der Waals surface area contributed by atoms with Crippen molar-refractivity contribution in [2.24, 2.45) is 0 Å². The van der Waals surface area contributed by atoms with Gasteiger partial charge in [-0.15, -0.1) is 0 Å². The van der Waals surface area contributed by atoms with E-state index in [1.54, 1.807) is 24.3 Å². The number of aliphatic carboxylic acids is 1. The Kier molecular flexibility index (Phi) is 7.31. The van der Waals surface area contributed by atoms with Gasteiger partial charge in [0.15, 0.2) is 6.10 Å². The summed E-state index contributed by atoms with van der Waals surface area (Å²) in [4.78, 5) is 11.4. The van der Waals surface area contributed by atoms with Crippen LogP contribution in [0.5, 0.6) is 5.75 Å². The first-order valence-electron chi connectivity index (χ1n) is 8.22. The van der Waals surface area contributed by atoms with Gasteiger partial charge < -0.3 is 9.84 Å². The number of ether oxygens (including phenoxy) is 1. The molecule has 2 aromatic rings. The van der Waals surface area contributed by atoms with Gasteiger partial charge >= 0.3 is 5.97 Å². The minimum Gasteiger partial charge on any atom is -0.479 e. The van der Waals surface area contributed by atoms with E-state index in [-0.39, 0.29) is 0 Å². The van der Waals surface area contributed by atoms with Gasteiger partial charge in [-0.05, 0) is 67.6 Å². The van der Waals surface area contributed by atoms with Gasteiger partial charge in [0.25, 0.3) is 0 Å². The van der Waals surface area contributed by atoms with Gasteiger partial charge in [-0.25, -0.2) is 4.79 Å². The number of hydrogen-bond acceptors (Lipinski definition) is 3. The summed E-state index contributed by atoms with van der Waals surface area (Å²) in [5, 5.41) is 18.8. The lowest BCUT2D eigenvalue weighted by atomic mass is 10.0. The lowest BCUT2D eigenvalue weighted by Crippen LogP contribution is -2.26. The number of rotatable bonds is 9. The van der Waals surface area contributed by atoms with Crippen LogP contribution in [0.4, 0.5) is 0 Å². The Morgan fingerprint density at radius 1 is 1.08 bits per heavy atom. The first-order chi connectivity index (χ1) is 12.1. The number of carboxylic acids is 1. The fraction of sp³-hybridized carbons (Fsp3) is 0.300. The molecule has 0 aliphatic carbocycles. The second-order valence-electron chi connectivity index (χ2n) is 5.81. The monoisotopic (exact) mass is 357 g/mol. The van der Waals surface area contributed by atoms with Gasteiger partial charge in [0.2, 0.25) is 0 Å². The highest BCUT2D eigenvalue weighted by molar-refractivity contribution is 6.30. The highest BCUT2D eigenvalue weighted by atomic mass is 35.5. The molecule has 1 unspecified atom stereocenters. The third-order valence-corrected chi connectivity index (χ3v) is 4.13. The smallest absolute Gasteiger partial charge is 0.344 e. The van der Waals surface area contributed by atoms with Crippen molar-refractivity contribution in [2.75, 3.05) is 0 Å². The van der Waals surface area contributed by atoms with Crippen molar-refractivity contribution in [3.8, 4) is 11.8 Å². The van der Waals surface area contributed by atoms with Crippen LogP contribution in [0.2, 0.25) is 5.02 Å². The van der Waals surface area contributed by atoms with Crippen LogP contribution in [0.1, 0.15) is 36.8 Å². The fourth-order valence-electron chi connectivity index (χ4n) is 2.49. The van der Waals surface area contributed by atoms with Crippen molar-refractivity contribution in [1.82, 2.24) is 0 Å². The SMILES string of the molecule is N#Cc1ccc(OC(CCCCCc2ccc(Cl)cc2)C(=O)O)cc1. The minimum absolute atomic E-state index is 0.454. The number of unbranched alkanes of at least 4 members (excludes halogenated alkanes) is 2. The van der Waals surface area contributed by atoms with Crippen LogP contribution >= 0.6 is 11.6 Å². The standard InChI is InChI=1S/C20H20ClNO3/c21-17-10-6-15(7-11-17)4-2-1-3-5-19(20(23)24)25-18-12-8-16(14-22)9-13-18/h6-13,19H,1-5H2,(H,23,24). The first-order valence-corrected chi connectivity index (χ1v) is 8.60. The van der Waals surface area contributed by atoms with E-state index >= 15 is 0 Å². The van der Waals surface area contributed by atoms with Crippen LogP contribution in [0, 0.1) is 11.3 Å². The summed E-state index contributed by atoms with van der Waals surface area (Å²) in [6, 6.07) is 16.3. The van der Waals surface area contributed by atoms with Crippen LogP contribution in [-0.2, 0) is 11.2 Å². The Balaban J connectivity index is 1.74. The molecule has 0 heterocycles. The molecular formula is C20H20ClNO3. The van der Waals surface area contributed by atoms with Crippen LogP contribution in [-0.4, -0.2) is 17.2 Å². The number of aryl methyl sites for hydroxylation is 1. The molecule has 0 aliphatic rings. The maximum Gasteiger partial charge on any atom is 0.344 e. The van der Waals surface area contributed by atoms with Crippen LogP contribution < -0.4 is 4.74 Å². The molecule has 0 amide bonds. The third kappa shape index (κ3) is 6.48. The Morgan fingerprint density at radius 2 is 1.76 bits per heavy atom. The molecule has 0 radical (unpaired) electrons. The van der Waals surface area contributed by atoms with Gasteiger partial charge in [0.05, 0.1) is 11.6 Å². The molecule has 2 aromatic carbocycles. The van der Waals surface area contributed by atoms with Crippen molar-refractivity contribution in [3.05, 3.63) is 64.7 Å². The maximum absolute atomic E-state index is 11.4. The highest BCUT2D eigenvalue weighted by Crippen LogP contribution is 2.17. The summed E-state index contributed by atoms with van der Waals surface area (Å²) in [7, 11) is 0. The lowest BCUT2D eigenvalue weighted by Gasteiger charge is -2.15. The molecule has 0 saturated carbocycles. The van der Waals surface area contributed by atoms with Crippen LogP contribution in [0.15, 0.2) is 48.5 Å². The highest BCUT2D eigenvalue weighted by Gasteiger charge is 2.18. The van der Waals surface area contributed by atoms with Gasteiger partial charge in [-0.2, -0.15) is 5.26 Å². The second-order valence-corrected chi connectivity index (χ2v) is 6.24. The van der Waals surface area contributed by atoms with Gasteiger partial charge in [-0.1, -0.05) is 30.2 Å². The topological polar surface area (TPSA) is 70.3 Å². The van der Waals surface area contributed by atoms with E-state index in [2.05, 4.69) is 0 Å². The van der Waals surface area contributed by atoms with E-state index in [1.807, 2.05) is 30.3 Å². The van der Waals surface area contributed by atoms with Crippen LogP contribution in [0.3, 0.4) is 0 Å². The molecule has 0 spiro atoms. The quantitative estimate of drug-likeness (QED) is 0.651. The van der Waals surface area contributed by atoms with Crippen molar-refractivity contribution < 1.29 is 14.6 Å². The molecule has 1 atom stereocenters. The summed E-state index contributed by atoms with van der Waals surface area (Å²) in [6.45, 7) is 0. The lowest BCUT2D eigenvalue weighted by molar-refractivity contribution is -0.145. The molecular weight excluding hydrogens is 338 g/mol. The van der Waals surface area contributed by atoms with Gasteiger partial charge in [0, 0.05) is 5.02 Å².